The summed E-state index contributed by atoms with van der Waals surface area (Å²) in [6, 6.07) is 5.77. The van der Waals surface area contributed by atoms with Gasteiger partial charge in [0, 0.05) is 26.2 Å². The molecule has 176 valence electrons. The molecule has 32 heavy (non-hydrogen) atoms. The lowest BCUT2D eigenvalue weighted by Crippen LogP contribution is -2.43. The number of rotatable bonds is 4. The first-order chi connectivity index (χ1) is 15.2. The van der Waals surface area contributed by atoms with Crippen LogP contribution in [0.3, 0.4) is 0 Å². The van der Waals surface area contributed by atoms with Crippen LogP contribution in [0.1, 0.15) is 75.2 Å². The topological polar surface area (TPSA) is 79.3 Å². The number of nitrogens with zero attached hydrogens (tertiary/aromatic N) is 2. The van der Waals surface area contributed by atoms with Gasteiger partial charge in [-0.25, -0.2) is 4.79 Å². The van der Waals surface area contributed by atoms with Crippen molar-refractivity contribution in [3.05, 3.63) is 29.3 Å². The van der Waals surface area contributed by atoms with Gasteiger partial charge in [0.15, 0.2) is 0 Å². The summed E-state index contributed by atoms with van der Waals surface area (Å²) in [5, 5.41) is 10.3. The average Bonchev–Trinajstić information content (AvgIpc) is 3.05. The van der Waals surface area contributed by atoms with E-state index in [1.165, 1.54) is 0 Å². The van der Waals surface area contributed by atoms with E-state index in [-0.39, 0.29) is 18.1 Å². The van der Waals surface area contributed by atoms with Crippen LogP contribution in [0.25, 0.3) is 0 Å². The monoisotopic (exact) mass is 444 g/mol. The molecule has 1 aromatic rings. The van der Waals surface area contributed by atoms with Crippen molar-refractivity contribution in [3.63, 3.8) is 0 Å². The van der Waals surface area contributed by atoms with Gasteiger partial charge in [-0.2, -0.15) is 0 Å². The van der Waals surface area contributed by atoms with E-state index in [0.29, 0.717) is 43.4 Å². The van der Waals surface area contributed by atoms with Crippen LogP contribution >= 0.6 is 0 Å². The highest BCUT2D eigenvalue weighted by Gasteiger charge is 2.35. The third-order valence-electron chi connectivity index (χ3n) is 6.67. The van der Waals surface area contributed by atoms with Gasteiger partial charge in [-0.15, -0.1) is 0 Å². The molecule has 1 N–H and O–H groups in total. The fourth-order valence-electron chi connectivity index (χ4n) is 4.95. The molecule has 0 radical (unpaired) electrons. The summed E-state index contributed by atoms with van der Waals surface area (Å²) in [6.07, 6.45) is 4.38. The lowest BCUT2D eigenvalue weighted by molar-refractivity contribution is 0.00632. The van der Waals surface area contributed by atoms with Crippen LogP contribution in [0.4, 0.5) is 4.79 Å². The van der Waals surface area contributed by atoms with Crippen LogP contribution in [0.5, 0.6) is 5.75 Å². The Balaban J connectivity index is 1.34. The molecule has 0 aromatic heterocycles. The van der Waals surface area contributed by atoms with Gasteiger partial charge in [-0.3, -0.25) is 4.79 Å². The van der Waals surface area contributed by atoms with Gasteiger partial charge in [0.1, 0.15) is 17.5 Å². The van der Waals surface area contributed by atoms with Crippen molar-refractivity contribution in [2.24, 2.45) is 5.92 Å². The maximum atomic E-state index is 13.2. The maximum Gasteiger partial charge on any atom is 0.410 e. The molecule has 2 amide bonds. The number of hydrogen-bond acceptors (Lipinski definition) is 5. The highest BCUT2D eigenvalue weighted by Crippen LogP contribution is 2.34. The molecule has 2 atom stereocenters. The average molecular weight is 445 g/mol. The molecule has 1 saturated heterocycles. The molecule has 1 aliphatic carbocycles. The zero-order chi connectivity index (χ0) is 22.9. The Morgan fingerprint density at radius 2 is 1.84 bits per heavy atom. The van der Waals surface area contributed by atoms with Gasteiger partial charge in [-0.05, 0) is 70.4 Å². The zero-order valence-electron chi connectivity index (χ0n) is 19.5. The first-order valence-corrected chi connectivity index (χ1v) is 11.9. The summed E-state index contributed by atoms with van der Waals surface area (Å²) in [5.41, 5.74) is 1.15. The van der Waals surface area contributed by atoms with Crippen molar-refractivity contribution < 1.29 is 24.2 Å². The largest absolute Gasteiger partial charge is 0.487 e. The van der Waals surface area contributed by atoms with E-state index in [2.05, 4.69) is 0 Å². The Hall–Kier alpha value is -2.28. The summed E-state index contributed by atoms with van der Waals surface area (Å²) in [6.45, 7) is 8.21. The molecule has 1 aromatic carbocycles. The minimum absolute atomic E-state index is 0.00970. The second kappa shape index (κ2) is 9.30. The first kappa shape index (κ1) is 22.9. The molecule has 0 spiro atoms. The van der Waals surface area contributed by atoms with Crippen molar-refractivity contribution >= 4 is 12.0 Å². The third kappa shape index (κ3) is 5.20. The van der Waals surface area contributed by atoms with E-state index in [1.54, 1.807) is 4.90 Å². The number of carbonyl (C=O) groups excluding carboxylic acids is 2. The summed E-state index contributed by atoms with van der Waals surface area (Å²) in [7, 11) is 0. The van der Waals surface area contributed by atoms with Crippen molar-refractivity contribution in [1.29, 1.82) is 0 Å². The Kier molecular flexibility index (Phi) is 6.65. The van der Waals surface area contributed by atoms with Gasteiger partial charge in [-0.1, -0.05) is 18.6 Å². The molecule has 7 heteroatoms. The molecule has 7 nitrogen and oxygen atoms in total. The van der Waals surface area contributed by atoms with E-state index in [9.17, 15) is 14.7 Å². The Morgan fingerprint density at radius 3 is 2.53 bits per heavy atom. The normalized spacial score (nSPS) is 24.4. The molecule has 4 rings (SSSR count). The summed E-state index contributed by atoms with van der Waals surface area (Å²) < 4.78 is 11.6. The van der Waals surface area contributed by atoms with Crippen LogP contribution in [-0.4, -0.2) is 64.4 Å². The minimum atomic E-state index is -0.491. The molecule has 2 aliphatic heterocycles. The third-order valence-corrected chi connectivity index (χ3v) is 6.67. The number of ether oxygens (including phenoxy) is 2. The van der Waals surface area contributed by atoms with Gasteiger partial charge in [0.25, 0.3) is 5.91 Å². The molecular formula is C25H36N2O5. The van der Waals surface area contributed by atoms with Crippen LogP contribution in [0.15, 0.2) is 18.2 Å². The summed E-state index contributed by atoms with van der Waals surface area (Å²) in [5.74, 6) is 0.965. The first-order valence-electron chi connectivity index (χ1n) is 11.9. The highest BCUT2D eigenvalue weighted by molar-refractivity contribution is 6.01. The number of benzene rings is 1. The van der Waals surface area contributed by atoms with Crippen LogP contribution < -0.4 is 4.74 Å². The van der Waals surface area contributed by atoms with Crippen molar-refractivity contribution in [1.82, 2.24) is 9.80 Å². The second-order valence-corrected chi connectivity index (χ2v) is 10.4. The highest BCUT2D eigenvalue weighted by atomic mass is 16.6. The van der Waals surface area contributed by atoms with Gasteiger partial charge in [0.05, 0.1) is 11.7 Å². The molecule has 1 saturated carbocycles. The lowest BCUT2D eigenvalue weighted by atomic mass is 9.94. The quantitative estimate of drug-likeness (QED) is 0.760. The number of carbonyl (C=O) groups is 2. The standard InChI is InChI=1S/C25H36N2O5/c1-25(2,3)32-24(30)26-13-11-17(12-14-26)15-27-16-18-7-6-10-21(22(18)23(27)29)31-20-9-5-4-8-19(20)28/h6-7,10,17,19-20,28H,4-5,8-9,11-16H2,1-3H3. The van der Waals surface area contributed by atoms with Crippen molar-refractivity contribution in [2.45, 2.75) is 83.6 Å². The van der Waals surface area contributed by atoms with Crippen LogP contribution in [-0.2, 0) is 11.3 Å². The molecular weight excluding hydrogens is 408 g/mol. The number of aliphatic hydroxyl groups excluding tert-OH is 1. The lowest BCUT2D eigenvalue weighted by Gasteiger charge is -2.34. The zero-order valence-corrected chi connectivity index (χ0v) is 19.5. The summed E-state index contributed by atoms with van der Waals surface area (Å²) in [4.78, 5) is 29.2. The van der Waals surface area contributed by atoms with E-state index < -0.39 is 11.7 Å². The van der Waals surface area contributed by atoms with Crippen molar-refractivity contribution in [3.8, 4) is 5.75 Å². The molecule has 2 unspecified atom stereocenters. The van der Waals surface area contributed by atoms with E-state index in [1.807, 2.05) is 43.9 Å². The maximum absolute atomic E-state index is 13.2. The number of fused-ring (bicyclic) bond motifs is 1. The van der Waals surface area contributed by atoms with Gasteiger partial charge in [0.2, 0.25) is 0 Å². The molecule has 0 bridgehead atoms. The fraction of sp³-hybridized carbons (Fsp3) is 0.680. The number of piperidine rings is 1. The molecule has 3 aliphatic rings. The summed E-state index contributed by atoms with van der Waals surface area (Å²) >= 11 is 0. The van der Waals surface area contributed by atoms with E-state index in [4.69, 9.17) is 9.47 Å². The van der Waals surface area contributed by atoms with Crippen LogP contribution in [0.2, 0.25) is 0 Å². The molecule has 2 fully saturated rings. The van der Waals surface area contributed by atoms with Gasteiger partial charge < -0.3 is 24.4 Å². The fourth-order valence-corrected chi connectivity index (χ4v) is 4.95. The van der Waals surface area contributed by atoms with Crippen LogP contribution in [0, 0.1) is 5.92 Å². The Morgan fingerprint density at radius 1 is 1.12 bits per heavy atom. The number of amides is 2. The predicted molar refractivity (Wildman–Crippen MR) is 121 cm³/mol. The Bertz CT molecular complexity index is 841. The second-order valence-electron chi connectivity index (χ2n) is 10.4. The number of hydrogen-bond donors (Lipinski definition) is 1. The number of aliphatic hydroxyl groups is 1. The predicted octanol–water partition coefficient (Wildman–Crippen LogP) is 3.97. The Labute approximate surface area is 190 Å². The van der Waals surface area contributed by atoms with Gasteiger partial charge >= 0.3 is 6.09 Å². The molecule has 2 heterocycles. The van der Waals surface area contributed by atoms with E-state index >= 15 is 0 Å². The van der Waals surface area contributed by atoms with Crippen molar-refractivity contribution in [2.75, 3.05) is 19.6 Å². The minimum Gasteiger partial charge on any atom is -0.487 e. The smallest absolute Gasteiger partial charge is 0.410 e. The number of likely N-dealkylation sites (tertiary alicyclic amines) is 1. The SMILES string of the molecule is CC(C)(C)OC(=O)N1CCC(CN2Cc3cccc(OC4CCCCC4O)c3C2=O)CC1. The van der Waals surface area contributed by atoms with E-state index in [0.717, 1.165) is 44.1 Å².